The minimum atomic E-state index is -4.37. The molecule has 0 bridgehead atoms. The highest BCUT2D eigenvalue weighted by Crippen LogP contribution is 2.40. The van der Waals surface area contributed by atoms with Crippen LogP contribution in [-0.4, -0.2) is 27.5 Å². The molecule has 0 fully saturated rings. The van der Waals surface area contributed by atoms with Crippen molar-refractivity contribution in [1.29, 1.82) is 0 Å². The summed E-state index contributed by atoms with van der Waals surface area (Å²) in [6.45, 7) is 1.41. The number of ether oxygens (including phenoxy) is 1. The maximum atomic E-state index is 14.7. The number of hydrogen-bond donors (Lipinski definition) is 2. The molecule has 1 aromatic carbocycles. The Morgan fingerprint density at radius 3 is 2.20 bits per heavy atom. The monoisotopic (exact) mass is 436 g/mol. The van der Waals surface area contributed by atoms with Gasteiger partial charge in [-0.25, -0.2) is 18.7 Å². The molecule has 1 heterocycles. The van der Waals surface area contributed by atoms with Gasteiger partial charge in [-0.1, -0.05) is 0 Å². The number of hydrogen-bond acceptors (Lipinski definition) is 6. The number of amides is 2. The van der Waals surface area contributed by atoms with E-state index in [1.54, 1.807) is 0 Å². The third kappa shape index (κ3) is 3.34. The van der Waals surface area contributed by atoms with Crippen LogP contribution in [0.4, 0.5) is 14.9 Å². The topological polar surface area (TPSA) is 115 Å². The van der Waals surface area contributed by atoms with Gasteiger partial charge in [0.05, 0.1) is 7.11 Å². The molecule has 0 unspecified atom stereocenters. The summed E-state index contributed by atoms with van der Waals surface area (Å²) in [6.07, 6.45) is 4.02. The molecule has 4 rings (SSSR count). The normalized spacial score (nSPS) is 14.9. The molecule has 0 atom stereocenters. The minimum absolute atomic E-state index is 0.0487. The zero-order valence-electron chi connectivity index (χ0n) is 16.6. The average Bonchev–Trinajstić information content (AvgIpc) is 3.43. The Hall–Kier alpha value is -2.88. The Bertz CT molecular complexity index is 1130. The molecule has 8 nitrogen and oxygen atoms in total. The van der Waals surface area contributed by atoms with Crippen molar-refractivity contribution in [3.63, 3.8) is 0 Å². The number of carbonyl (C=O) groups excluding carboxylic acids is 2. The molecule has 2 aliphatic rings. The smallest absolute Gasteiger partial charge is 0.341 e. The number of carbonyl (C=O) groups is 2. The lowest BCUT2D eigenvalue weighted by Gasteiger charge is -2.17. The van der Waals surface area contributed by atoms with E-state index >= 15 is 0 Å². The Morgan fingerprint density at radius 2 is 1.63 bits per heavy atom. The first kappa shape index (κ1) is 20.4. The number of anilines is 1. The van der Waals surface area contributed by atoms with E-state index in [-0.39, 0.29) is 17.1 Å². The van der Waals surface area contributed by atoms with Crippen LogP contribution in [0.15, 0.2) is 15.6 Å². The van der Waals surface area contributed by atoms with Crippen LogP contribution in [0.2, 0.25) is 0 Å². The lowest BCUT2D eigenvalue weighted by atomic mass is 9.98. The summed E-state index contributed by atoms with van der Waals surface area (Å²) in [5, 5.41) is 2.04. The molecular weight excluding hydrogens is 415 g/mol. The zero-order chi connectivity index (χ0) is 21.6. The molecule has 160 valence electrons. The van der Waals surface area contributed by atoms with E-state index in [1.807, 2.05) is 4.72 Å². The third-order valence-electron chi connectivity index (χ3n) is 5.60. The number of aryl methyl sites for hydroxylation is 1. The van der Waals surface area contributed by atoms with Gasteiger partial charge in [-0.2, -0.15) is 8.42 Å². The minimum Gasteiger partial charge on any atom is -0.465 e. The van der Waals surface area contributed by atoms with Crippen molar-refractivity contribution in [3.05, 3.63) is 45.5 Å². The average molecular weight is 436 g/mol. The lowest BCUT2D eigenvalue weighted by Crippen LogP contribution is -2.34. The number of nitrogens with one attached hydrogen (secondary N) is 2. The molecule has 0 aliphatic heterocycles. The molecule has 2 aliphatic carbocycles. The molecule has 0 saturated carbocycles. The first-order chi connectivity index (χ1) is 14.2. The van der Waals surface area contributed by atoms with Crippen molar-refractivity contribution in [1.82, 2.24) is 4.72 Å². The maximum absolute atomic E-state index is 14.7. The predicted molar refractivity (Wildman–Crippen MR) is 105 cm³/mol. The van der Waals surface area contributed by atoms with Crippen molar-refractivity contribution in [2.24, 2.45) is 0 Å². The van der Waals surface area contributed by atoms with E-state index in [0.29, 0.717) is 42.5 Å². The van der Waals surface area contributed by atoms with Crippen LogP contribution in [0.3, 0.4) is 0 Å². The van der Waals surface area contributed by atoms with Crippen molar-refractivity contribution in [2.75, 3.05) is 12.4 Å². The highest BCUT2D eigenvalue weighted by Gasteiger charge is 2.31. The molecule has 30 heavy (non-hydrogen) atoms. The van der Waals surface area contributed by atoms with Crippen LogP contribution in [0, 0.1) is 12.7 Å². The maximum Gasteiger partial charge on any atom is 0.341 e. The van der Waals surface area contributed by atoms with Crippen LogP contribution < -0.4 is 10.0 Å². The van der Waals surface area contributed by atoms with E-state index < -0.39 is 27.1 Å². The summed E-state index contributed by atoms with van der Waals surface area (Å²) < 4.78 is 51.5. The fraction of sp³-hybridized carbons (Fsp3) is 0.400. The quantitative estimate of drug-likeness (QED) is 0.712. The molecule has 2 amide bonds. The highest BCUT2D eigenvalue weighted by atomic mass is 32.2. The van der Waals surface area contributed by atoms with Gasteiger partial charge in [0.15, 0.2) is 0 Å². The van der Waals surface area contributed by atoms with E-state index in [9.17, 15) is 22.4 Å². The van der Waals surface area contributed by atoms with E-state index in [2.05, 4.69) is 10.1 Å². The summed E-state index contributed by atoms with van der Waals surface area (Å²) in [5.74, 6) is -0.883. The Morgan fingerprint density at radius 1 is 1.07 bits per heavy atom. The largest absolute Gasteiger partial charge is 0.465 e. The molecule has 2 N–H and O–H groups in total. The molecule has 0 radical (unpaired) electrons. The van der Waals surface area contributed by atoms with Crippen LogP contribution >= 0.6 is 0 Å². The Balaban J connectivity index is 1.60. The van der Waals surface area contributed by atoms with Gasteiger partial charge in [-0.15, -0.1) is 0 Å². The lowest BCUT2D eigenvalue weighted by molar-refractivity contribution is 0.0598. The van der Waals surface area contributed by atoms with E-state index in [4.69, 9.17) is 4.42 Å². The van der Waals surface area contributed by atoms with Crippen LogP contribution in [0.5, 0.6) is 0 Å². The van der Waals surface area contributed by atoms with Gasteiger partial charge in [-0.3, -0.25) is 0 Å². The second-order valence-corrected chi connectivity index (χ2v) is 9.01. The van der Waals surface area contributed by atoms with Gasteiger partial charge in [0, 0.05) is 11.8 Å². The van der Waals surface area contributed by atoms with Crippen LogP contribution in [-0.2, 0) is 40.4 Å². The van der Waals surface area contributed by atoms with Crippen molar-refractivity contribution in [3.8, 4) is 0 Å². The molecular formula is C20H21FN2O6S. The SMILES string of the molecule is COC(=O)c1cc(S(=O)(=O)NC(=O)Nc2c3c(c(F)c4c2CCC4)CCC3)oc1C. The summed E-state index contributed by atoms with van der Waals surface area (Å²) in [6, 6.07) is 0.0304. The number of methoxy groups -OCH3 is 1. The molecule has 10 heteroatoms. The molecule has 1 aromatic heterocycles. The number of rotatable bonds is 4. The van der Waals surface area contributed by atoms with E-state index in [0.717, 1.165) is 37.1 Å². The Labute approximate surface area is 172 Å². The highest BCUT2D eigenvalue weighted by molar-refractivity contribution is 7.89. The predicted octanol–water partition coefficient (Wildman–Crippen LogP) is 3.00. The fourth-order valence-corrected chi connectivity index (χ4v) is 5.15. The number of esters is 1. The van der Waals surface area contributed by atoms with Crippen molar-refractivity contribution < 1.29 is 31.6 Å². The number of fused-ring (bicyclic) bond motifs is 2. The molecule has 0 saturated heterocycles. The van der Waals surface area contributed by atoms with Gasteiger partial charge >= 0.3 is 12.0 Å². The molecule has 0 spiro atoms. The number of benzene rings is 1. The van der Waals surface area contributed by atoms with Gasteiger partial charge in [0.25, 0.3) is 10.0 Å². The number of urea groups is 1. The fourth-order valence-electron chi connectivity index (χ4n) is 4.25. The number of furan rings is 1. The van der Waals surface area contributed by atoms with Crippen LogP contribution in [0.1, 0.15) is 51.2 Å². The van der Waals surface area contributed by atoms with Gasteiger partial charge in [0.2, 0.25) is 5.09 Å². The third-order valence-corrected chi connectivity index (χ3v) is 6.79. The summed E-state index contributed by atoms with van der Waals surface area (Å²) >= 11 is 0. The zero-order valence-corrected chi connectivity index (χ0v) is 17.4. The van der Waals surface area contributed by atoms with Gasteiger partial charge in [0.1, 0.15) is 17.1 Å². The first-order valence-corrected chi connectivity index (χ1v) is 11.1. The van der Waals surface area contributed by atoms with Crippen LogP contribution in [0.25, 0.3) is 0 Å². The second kappa shape index (κ2) is 7.42. The van der Waals surface area contributed by atoms with Gasteiger partial charge in [-0.05, 0) is 67.7 Å². The first-order valence-electron chi connectivity index (χ1n) is 9.60. The van der Waals surface area contributed by atoms with Gasteiger partial charge < -0.3 is 14.5 Å². The standard InChI is InChI=1S/C20H21FN2O6S/c1-10-15(19(24)28-2)9-16(29-10)30(26,27)23-20(25)22-18-13-7-3-5-11(13)17(21)12-6-4-8-14(12)18/h9H,3-8H2,1-2H3,(H2,22,23,25). The van der Waals surface area contributed by atoms with Crippen molar-refractivity contribution >= 4 is 27.7 Å². The van der Waals surface area contributed by atoms with Crippen molar-refractivity contribution in [2.45, 2.75) is 50.5 Å². The number of halogens is 1. The second-order valence-electron chi connectivity index (χ2n) is 7.40. The number of sulfonamides is 1. The Kier molecular flexibility index (Phi) is 5.05. The van der Waals surface area contributed by atoms with E-state index in [1.165, 1.54) is 6.92 Å². The summed E-state index contributed by atoms with van der Waals surface area (Å²) in [5.41, 5.74) is 3.16. The molecule has 2 aromatic rings. The summed E-state index contributed by atoms with van der Waals surface area (Å²) in [4.78, 5) is 24.2. The summed E-state index contributed by atoms with van der Waals surface area (Å²) in [7, 11) is -3.21.